The molecule has 0 saturated heterocycles. The first-order valence-corrected chi connectivity index (χ1v) is 7.47. The zero-order valence-corrected chi connectivity index (χ0v) is 13.4. The number of carbonyl (C=O) groups excluding carboxylic acids is 2. The van der Waals surface area contributed by atoms with Crippen molar-refractivity contribution in [1.82, 2.24) is 0 Å². The minimum absolute atomic E-state index is 0.0563. The van der Waals surface area contributed by atoms with Gasteiger partial charge in [-0.1, -0.05) is 48.0 Å². The Morgan fingerprint density at radius 1 is 0.957 bits per heavy atom. The number of esters is 1. The highest BCUT2D eigenvalue weighted by Gasteiger charge is 2.11. The molecular formula is C19H20O4. The number of carbonyl (C=O) groups is 2. The smallest absolute Gasteiger partial charge is 0.306 e. The van der Waals surface area contributed by atoms with Crippen LogP contribution in [0.4, 0.5) is 0 Å². The molecule has 2 aromatic carbocycles. The van der Waals surface area contributed by atoms with Crippen molar-refractivity contribution < 1.29 is 19.1 Å². The van der Waals surface area contributed by atoms with E-state index in [1.807, 2.05) is 43.3 Å². The molecule has 23 heavy (non-hydrogen) atoms. The van der Waals surface area contributed by atoms with E-state index in [1.54, 1.807) is 19.2 Å². The van der Waals surface area contributed by atoms with E-state index in [9.17, 15) is 9.59 Å². The first-order valence-electron chi connectivity index (χ1n) is 7.47. The van der Waals surface area contributed by atoms with Crippen LogP contribution in [0.25, 0.3) is 0 Å². The van der Waals surface area contributed by atoms with Crippen LogP contribution < -0.4 is 4.74 Å². The number of hydrogen-bond acceptors (Lipinski definition) is 4. The van der Waals surface area contributed by atoms with E-state index < -0.39 is 5.97 Å². The van der Waals surface area contributed by atoms with Gasteiger partial charge in [-0.15, -0.1) is 0 Å². The average molecular weight is 312 g/mol. The molecule has 4 nitrogen and oxygen atoms in total. The van der Waals surface area contributed by atoms with Crippen LogP contribution in [0.2, 0.25) is 0 Å². The van der Waals surface area contributed by atoms with Crippen molar-refractivity contribution in [3.8, 4) is 5.75 Å². The summed E-state index contributed by atoms with van der Waals surface area (Å²) in [5.41, 5.74) is 2.51. The van der Waals surface area contributed by atoms with Crippen molar-refractivity contribution in [2.45, 2.75) is 26.4 Å². The van der Waals surface area contributed by atoms with Crippen molar-refractivity contribution in [3.05, 3.63) is 65.2 Å². The van der Waals surface area contributed by atoms with Crippen molar-refractivity contribution in [2.75, 3.05) is 7.11 Å². The molecule has 0 aromatic heterocycles. The molecule has 0 heterocycles. The number of methoxy groups -OCH3 is 1. The summed E-state index contributed by atoms with van der Waals surface area (Å²) >= 11 is 0. The Morgan fingerprint density at radius 3 is 2.35 bits per heavy atom. The summed E-state index contributed by atoms with van der Waals surface area (Å²) in [6, 6.07) is 14.7. The molecular weight excluding hydrogens is 292 g/mol. The summed E-state index contributed by atoms with van der Waals surface area (Å²) in [5, 5.41) is 0. The van der Waals surface area contributed by atoms with E-state index in [0.717, 1.165) is 11.1 Å². The second-order valence-corrected chi connectivity index (χ2v) is 5.26. The Hall–Kier alpha value is -2.62. The van der Waals surface area contributed by atoms with Gasteiger partial charge in [-0.3, -0.25) is 9.59 Å². The predicted octanol–water partition coefficient (Wildman–Crippen LogP) is 3.71. The van der Waals surface area contributed by atoms with Crippen molar-refractivity contribution in [1.29, 1.82) is 0 Å². The molecule has 0 aliphatic carbocycles. The number of Topliss-reactive ketones (excluding diaryl/α,β-unsaturated/α-hetero) is 1. The molecule has 0 saturated carbocycles. The zero-order valence-electron chi connectivity index (χ0n) is 13.4. The summed E-state index contributed by atoms with van der Waals surface area (Å²) < 4.78 is 10.4. The maximum atomic E-state index is 12.0. The third-order valence-corrected chi connectivity index (χ3v) is 3.51. The Bertz CT molecular complexity index is 674. The Morgan fingerprint density at radius 2 is 1.65 bits per heavy atom. The lowest BCUT2D eigenvalue weighted by molar-refractivity contribution is -0.144. The zero-order chi connectivity index (χ0) is 16.7. The molecule has 0 atom stereocenters. The second kappa shape index (κ2) is 8.13. The van der Waals surface area contributed by atoms with Crippen molar-refractivity contribution in [3.63, 3.8) is 0 Å². The quantitative estimate of drug-likeness (QED) is 0.578. The highest BCUT2D eigenvalue weighted by Crippen LogP contribution is 2.18. The van der Waals surface area contributed by atoms with Gasteiger partial charge in [0.1, 0.15) is 12.4 Å². The predicted molar refractivity (Wildman–Crippen MR) is 87.5 cm³/mol. The lowest BCUT2D eigenvalue weighted by atomic mass is 10.1. The van der Waals surface area contributed by atoms with Gasteiger partial charge in [0, 0.05) is 17.5 Å². The van der Waals surface area contributed by atoms with Crippen LogP contribution in [0.3, 0.4) is 0 Å². The molecule has 2 rings (SSSR count). The van der Waals surface area contributed by atoms with Gasteiger partial charge in [0.25, 0.3) is 0 Å². The van der Waals surface area contributed by atoms with Gasteiger partial charge in [0.15, 0.2) is 5.78 Å². The van der Waals surface area contributed by atoms with Crippen LogP contribution in [0.1, 0.15) is 34.3 Å². The van der Waals surface area contributed by atoms with Crippen LogP contribution in [0.5, 0.6) is 5.75 Å². The standard InChI is InChI=1S/C19H20O4/c1-14-7-9-15(10-8-14)17(20)11-12-19(21)23-13-16-5-3-4-6-18(16)22-2/h3-10H,11-13H2,1-2H3. The maximum absolute atomic E-state index is 12.0. The molecule has 4 heteroatoms. The number of ketones is 1. The maximum Gasteiger partial charge on any atom is 0.306 e. The van der Waals surface area contributed by atoms with Gasteiger partial charge in [0.2, 0.25) is 0 Å². The van der Waals surface area contributed by atoms with Gasteiger partial charge < -0.3 is 9.47 Å². The summed E-state index contributed by atoms with van der Waals surface area (Å²) in [5.74, 6) is 0.228. The molecule has 0 bridgehead atoms. The molecule has 120 valence electrons. The molecule has 0 aliphatic heterocycles. The number of hydrogen-bond donors (Lipinski definition) is 0. The fourth-order valence-corrected chi connectivity index (χ4v) is 2.15. The van der Waals surface area contributed by atoms with E-state index in [0.29, 0.717) is 11.3 Å². The molecule has 0 N–H and O–H groups in total. The topological polar surface area (TPSA) is 52.6 Å². The number of aryl methyl sites for hydroxylation is 1. The summed E-state index contributed by atoms with van der Waals surface area (Å²) in [7, 11) is 1.57. The van der Waals surface area contributed by atoms with Gasteiger partial charge in [-0.05, 0) is 13.0 Å². The SMILES string of the molecule is COc1ccccc1COC(=O)CCC(=O)c1ccc(C)cc1. The van der Waals surface area contributed by atoms with E-state index >= 15 is 0 Å². The number of ether oxygens (including phenoxy) is 2. The Balaban J connectivity index is 1.81. The lowest BCUT2D eigenvalue weighted by Crippen LogP contribution is -2.08. The summed E-state index contributed by atoms with van der Waals surface area (Å²) in [6.45, 7) is 2.10. The van der Waals surface area contributed by atoms with Crippen molar-refractivity contribution in [2.24, 2.45) is 0 Å². The van der Waals surface area contributed by atoms with E-state index in [1.165, 1.54) is 0 Å². The highest BCUT2D eigenvalue weighted by molar-refractivity contribution is 5.97. The van der Waals surface area contributed by atoms with Gasteiger partial charge in [0.05, 0.1) is 13.5 Å². The lowest BCUT2D eigenvalue weighted by Gasteiger charge is -2.09. The van der Waals surface area contributed by atoms with Crippen molar-refractivity contribution >= 4 is 11.8 Å². The fourth-order valence-electron chi connectivity index (χ4n) is 2.15. The minimum Gasteiger partial charge on any atom is -0.496 e. The molecule has 0 unspecified atom stereocenters. The molecule has 0 fully saturated rings. The molecule has 0 aliphatic rings. The van der Waals surface area contributed by atoms with E-state index in [4.69, 9.17) is 9.47 Å². The van der Waals surface area contributed by atoms with Crippen LogP contribution in [0.15, 0.2) is 48.5 Å². The monoisotopic (exact) mass is 312 g/mol. The fraction of sp³-hybridized carbons (Fsp3) is 0.263. The van der Waals surface area contributed by atoms with Gasteiger partial charge >= 0.3 is 5.97 Å². The Kier molecular flexibility index (Phi) is 5.92. The molecule has 2 aromatic rings. The van der Waals surface area contributed by atoms with Crippen LogP contribution in [-0.2, 0) is 16.1 Å². The normalized spacial score (nSPS) is 10.2. The first kappa shape index (κ1) is 16.7. The molecule has 0 spiro atoms. The second-order valence-electron chi connectivity index (χ2n) is 5.26. The third kappa shape index (κ3) is 4.95. The molecule has 0 amide bonds. The minimum atomic E-state index is -0.392. The van der Waals surface area contributed by atoms with Crippen LogP contribution in [-0.4, -0.2) is 18.9 Å². The molecule has 0 radical (unpaired) electrons. The number of para-hydroxylation sites is 1. The third-order valence-electron chi connectivity index (χ3n) is 3.51. The van der Waals surface area contributed by atoms with E-state index in [2.05, 4.69) is 0 Å². The van der Waals surface area contributed by atoms with E-state index in [-0.39, 0.29) is 25.2 Å². The summed E-state index contributed by atoms with van der Waals surface area (Å²) in [6.07, 6.45) is 0.218. The largest absolute Gasteiger partial charge is 0.496 e. The first-order chi connectivity index (χ1) is 11.1. The van der Waals surface area contributed by atoms with Gasteiger partial charge in [-0.25, -0.2) is 0 Å². The summed E-state index contributed by atoms with van der Waals surface area (Å²) in [4.78, 5) is 23.8. The average Bonchev–Trinajstić information content (AvgIpc) is 2.58. The van der Waals surface area contributed by atoms with Crippen LogP contribution >= 0.6 is 0 Å². The van der Waals surface area contributed by atoms with Gasteiger partial charge in [-0.2, -0.15) is 0 Å². The van der Waals surface area contributed by atoms with Crippen LogP contribution in [0, 0.1) is 6.92 Å². The highest BCUT2D eigenvalue weighted by atomic mass is 16.5. The Labute approximate surface area is 136 Å². The number of rotatable bonds is 7. The number of benzene rings is 2.